The third kappa shape index (κ3) is 4.91. The Morgan fingerprint density at radius 3 is 2.55 bits per heavy atom. The molecule has 110 valence electrons. The van der Waals surface area contributed by atoms with Gasteiger partial charge in [-0.3, -0.25) is 9.59 Å². The molecule has 0 bridgehead atoms. The molecule has 2 N–H and O–H groups in total. The molecule has 7 heteroatoms. The van der Waals surface area contributed by atoms with Crippen molar-refractivity contribution in [1.29, 1.82) is 0 Å². The molecule has 0 saturated carbocycles. The van der Waals surface area contributed by atoms with Crippen LogP contribution in [0.2, 0.25) is 0 Å². The summed E-state index contributed by atoms with van der Waals surface area (Å²) >= 11 is 0. The number of alkyl halides is 3. The molecule has 0 heterocycles. The summed E-state index contributed by atoms with van der Waals surface area (Å²) in [5.41, 5.74) is 0.846. The summed E-state index contributed by atoms with van der Waals surface area (Å²) in [5.74, 6) is -4.22. The van der Waals surface area contributed by atoms with Crippen LogP contribution in [0.5, 0.6) is 0 Å². The maximum absolute atomic E-state index is 12.4. The number of aliphatic carboxylic acids is 1. The standard InChI is InChI=1S/C13H14F3NO3/c1-8(13(14,15)16)12(20)17-10-4-2-3-9(7-10)5-6-11(18)19/h2-4,7-8H,5-6H2,1H3,(H,17,20)(H,18,19). The average molecular weight is 289 g/mol. The molecule has 0 spiro atoms. The molecular weight excluding hydrogens is 275 g/mol. The Morgan fingerprint density at radius 2 is 2.00 bits per heavy atom. The lowest BCUT2D eigenvalue weighted by Gasteiger charge is -2.15. The SMILES string of the molecule is CC(C(=O)Nc1cccc(CCC(=O)O)c1)C(F)(F)F. The van der Waals surface area contributed by atoms with Crippen molar-refractivity contribution < 1.29 is 27.9 Å². The number of hydrogen-bond donors (Lipinski definition) is 2. The fourth-order valence-electron chi connectivity index (χ4n) is 1.46. The Bertz CT molecular complexity index is 500. The van der Waals surface area contributed by atoms with Crippen LogP contribution in [0.4, 0.5) is 18.9 Å². The average Bonchev–Trinajstić information content (AvgIpc) is 2.34. The van der Waals surface area contributed by atoms with Gasteiger partial charge in [0.15, 0.2) is 0 Å². The number of carboxylic acid groups (broad SMARTS) is 1. The van der Waals surface area contributed by atoms with Gasteiger partial charge in [-0.2, -0.15) is 13.2 Å². The third-order valence-electron chi connectivity index (χ3n) is 2.71. The van der Waals surface area contributed by atoms with Crippen LogP contribution in [0, 0.1) is 5.92 Å². The monoisotopic (exact) mass is 289 g/mol. The topological polar surface area (TPSA) is 66.4 Å². The zero-order valence-corrected chi connectivity index (χ0v) is 10.7. The number of aryl methyl sites for hydroxylation is 1. The van der Waals surface area contributed by atoms with Gasteiger partial charge >= 0.3 is 12.1 Å². The normalized spacial score (nSPS) is 12.8. The number of amides is 1. The van der Waals surface area contributed by atoms with E-state index in [0.29, 0.717) is 5.56 Å². The van der Waals surface area contributed by atoms with E-state index in [0.717, 1.165) is 6.92 Å². The molecule has 0 aliphatic heterocycles. The lowest BCUT2D eigenvalue weighted by atomic mass is 10.1. The van der Waals surface area contributed by atoms with Crippen LogP contribution < -0.4 is 5.32 Å². The Kier molecular flexibility index (Phi) is 5.12. The first-order valence-corrected chi connectivity index (χ1v) is 5.88. The summed E-state index contributed by atoms with van der Waals surface area (Å²) in [6, 6.07) is 6.10. The summed E-state index contributed by atoms with van der Waals surface area (Å²) in [6.07, 6.45) is -4.44. The van der Waals surface area contributed by atoms with Gasteiger partial charge in [-0.15, -0.1) is 0 Å². The fraction of sp³-hybridized carbons (Fsp3) is 0.385. The van der Waals surface area contributed by atoms with Crippen molar-refractivity contribution in [2.75, 3.05) is 5.32 Å². The Labute approximate surface area is 113 Å². The van der Waals surface area contributed by atoms with Gasteiger partial charge in [0.2, 0.25) is 5.91 Å². The van der Waals surface area contributed by atoms with Crippen molar-refractivity contribution in [2.45, 2.75) is 25.9 Å². The van der Waals surface area contributed by atoms with E-state index >= 15 is 0 Å². The number of carbonyl (C=O) groups excluding carboxylic acids is 1. The van der Waals surface area contributed by atoms with Crippen LogP contribution in [0.3, 0.4) is 0 Å². The summed E-state index contributed by atoms with van der Waals surface area (Å²) in [7, 11) is 0. The second kappa shape index (κ2) is 6.40. The molecule has 0 radical (unpaired) electrons. The molecule has 0 fully saturated rings. The lowest BCUT2D eigenvalue weighted by molar-refractivity contribution is -0.175. The number of benzene rings is 1. The maximum Gasteiger partial charge on any atom is 0.400 e. The van der Waals surface area contributed by atoms with Gasteiger partial charge in [-0.1, -0.05) is 12.1 Å². The van der Waals surface area contributed by atoms with E-state index in [-0.39, 0.29) is 18.5 Å². The highest BCUT2D eigenvalue weighted by atomic mass is 19.4. The Hall–Kier alpha value is -2.05. The van der Waals surface area contributed by atoms with E-state index < -0.39 is 24.0 Å². The highest BCUT2D eigenvalue weighted by Crippen LogP contribution is 2.27. The minimum Gasteiger partial charge on any atom is -0.481 e. The zero-order valence-electron chi connectivity index (χ0n) is 10.7. The number of halogens is 3. The van der Waals surface area contributed by atoms with Crippen LogP contribution in [-0.2, 0) is 16.0 Å². The molecule has 1 atom stereocenters. The third-order valence-corrected chi connectivity index (χ3v) is 2.71. The first kappa shape index (κ1) is 16.0. The molecule has 1 rings (SSSR count). The quantitative estimate of drug-likeness (QED) is 0.876. The van der Waals surface area contributed by atoms with Gasteiger partial charge in [0, 0.05) is 12.1 Å². The smallest absolute Gasteiger partial charge is 0.400 e. The lowest BCUT2D eigenvalue weighted by Crippen LogP contribution is -2.32. The number of rotatable bonds is 5. The first-order chi connectivity index (χ1) is 9.20. The molecule has 1 amide bonds. The van der Waals surface area contributed by atoms with Gasteiger partial charge in [-0.05, 0) is 31.0 Å². The Morgan fingerprint density at radius 1 is 1.35 bits per heavy atom. The van der Waals surface area contributed by atoms with Crippen LogP contribution in [-0.4, -0.2) is 23.2 Å². The van der Waals surface area contributed by atoms with Crippen molar-refractivity contribution in [3.8, 4) is 0 Å². The zero-order chi connectivity index (χ0) is 15.3. The first-order valence-electron chi connectivity index (χ1n) is 5.88. The largest absolute Gasteiger partial charge is 0.481 e. The van der Waals surface area contributed by atoms with E-state index in [1.807, 2.05) is 0 Å². The van der Waals surface area contributed by atoms with Gasteiger partial charge in [-0.25, -0.2) is 0 Å². The van der Waals surface area contributed by atoms with E-state index in [9.17, 15) is 22.8 Å². The minimum atomic E-state index is -4.59. The van der Waals surface area contributed by atoms with E-state index in [1.165, 1.54) is 12.1 Å². The van der Waals surface area contributed by atoms with Crippen molar-refractivity contribution in [2.24, 2.45) is 5.92 Å². The number of hydrogen-bond acceptors (Lipinski definition) is 2. The Balaban J connectivity index is 2.71. The molecule has 1 aromatic rings. The van der Waals surface area contributed by atoms with E-state index in [2.05, 4.69) is 5.32 Å². The van der Waals surface area contributed by atoms with Crippen LogP contribution in [0.25, 0.3) is 0 Å². The highest BCUT2D eigenvalue weighted by molar-refractivity contribution is 5.92. The maximum atomic E-state index is 12.4. The van der Waals surface area contributed by atoms with Gasteiger partial charge < -0.3 is 10.4 Å². The predicted molar refractivity (Wildman–Crippen MR) is 66.2 cm³/mol. The fourth-order valence-corrected chi connectivity index (χ4v) is 1.46. The van der Waals surface area contributed by atoms with Crippen molar-refractivity contribution >= 4 is 17.6 Å². The number of nitrogens with one attached hydrogen (secondary N) is 1. The molecule has 1 unspecified atom stereocenters. The van der Waals surface area contributed by atoms with E-state index in [1.54, 1.807) is 12.1 Å². The van der Waals surface area contributed by atoms with Gasteiger partial charge in [0.25, 0.3) is 0 Å². The number of anilines is 1. The molecule has 20 heavy (non-hydrogen) atoms. The molecule has 1 aromatic carbocycles. The molecule has 0 aliphatic rings. The van der Waals surface area contributed by atoms with Gasteiger partial charge in [0.05, 0.1) is 0 Å². The molecule has 4 nitrogen and oxygen atoms in total. The minimum absolute atomic E-state index is 0.0870. The number of carboxylic acids is 1. The molecule has 0 saturated heterocycles. The highest BCUT2D eigenvalue weighted by Gasteiger charge is 2.41. The second-order valence-corrected chi connectivity index (χ2v) is 4.35. The summed E-state index contributed by atoms with van der Waals surface area (Å²) in [5, 5.41) is 10.7. The van der Waals surface area contributed by atoms with Crippen molar-refractivity contribution in [3.05, 3.63) is 29.8 Å². The van der Waals surface area contributed by atoms with Crippen LogP contribution in [0.1, 0.15) is 18.9 Å². The summed E-state index contributed by atoms with van der Waals surface area (Å²) < 4.78 is 37.1. The van der Waals surface area contributed by atoms with Crippen molar-refractivity contribution in [1.82, 2.24) is 0 Å². The molecule has 0 aromatic heterocycles. The predicted octanol–water partition coefficient (Wildman–Crippen LogP) is 2.84. The van der Waals surface area contributed by atoms with Crippen LogP contribution in [0.15, 0.2) is 24.3 Å². The van der Waals surface area contributed by atoms with Gasteiger partial charge in [0.1, 0.15) is 5.92 Å². The summed E-state index contributed by atoms with van der Waals surface area (Å²) in [4.78, 5) is 21.9. The second-order valence-electron chi connectivity index (χ2n) is 4.35. The summed E-state index contributed by atoms with van der Waals surface area (Å²) in [6.45, 7) is 0.781. The van der Waals surface area contributed by atoms with E-state index in [4.69, 9.17) is 5.11 Å². The number of carbonyl (C=O) groups is 2. The molecule has 0 aliphatic carbocycles. The van der Waals surface area contributed by atoms with Crippen LogP contribution >= 0.6 is 0 Å². The molecular formula is C13H14F3NO3. The van der Waals surface area contributed by atoms with Crippen molar-refractivity contribution in [3.63, 3.8) is 0 Å².